The fourth-order valence-corrected chi connectivity index (χ4v) is 2.71. The minimum Gasteiger partial charge on any atom is -0.324 e. The zero-order chi connectivity index (χ0) is 17.6. The van der Waals surface area contributed by atoms with Gasteiger partial charge in [0.25, 0.3) is 0 Å². The van der Waals surface area contributed by atoms with E-state index in [9.17, 15) is 9.59 Å². The smallest absolute Gasteiger partial charge is 0.226 e. The number of benzene rings is 2. The summed E-state index contributed by atoms with van der Waals surface area (Å²) >= 11 is 0. The number of nitrogens with zero attached hydrogens (tertiary/aromatic N) is 2. The third-order valence-corrected chi connectivity index (χ3v) is 3.92. The quantitative estimate of drug-likeness (QED) is 0.776. The Hall–Kier alpha value is -3.21. The van der Waals surface area contributed by atoms with Crippen molar-refractivity contribution < 1.29 is 9.59 Å². The lowest BCUT2D eigenvalue weighted by Crippen LogP contribution is -2.31. The summed E-state index contributed by atoms with van der Waals surface area (Å²) in [5, 5.41) is 3.86. The van der Waals surface area contributed by atoms with Crippen molar-refractivity contribution in [3.8, 4) is 0 Å². The first-order valence-electron chi connectivity index (χ1n) is 8.12. The zero-order valence-electron chi connectivity index (χ0n) is 14.0. The van der Waals surface area contributed by atoms with Crippen molar-refractivity contribution in [2.45, 2.75) is 13.3 Å². The van der Waals surface area contributed by atoms with Gasteiger partial charge in [-0.2, -0.15) is 0 Å². The molecule has 2 aromatic carbocycles. The average Bonchev–Trinajstić information content (AvgIpc) is 2.63. The maximum absolute atomic E-state index is 12.3. The molecule has 0 unspecified atom stereocenters. The highest BCUT2D eigenvalue weighted by atomic mass is 16.2. The van der Waals surface area contributed by atoms with Crippen molar-refractivity contribution in [3.63, 3.8) is 0 Å². The van der Waals surface area contributed by atoms with Crippen LogP contribution in [0.3, 0.4) is 0 Å². The molecular formula is C20H19N3O2. The van der Waals surface area contributed by atoms with Crippen LogP contribution in [0.25, 0.3) is 10.9 Å². The SMILES string of the molecule is CC(=O)N(CCC(=O)Nc1cccc2cccnc12)c1ccccc1. The van der Waals surface area contributed by atoms with Crippen LogP contribution >= 0.6 is 0 Å². The molecule has 5 heteroatoms. The highest BCUT2D eigenvalue weighted by Crippen LogP contribution is 2.21. The Morgan fingerprint density at radius 2 is 1.76 bits per heavy atom. The highest BCUT2D eigenvalue weighted by molar-refractivity contribution is 6.01. The number of anilines is 2. The van der Waals surface area contributed by atoms with E-state index in [0.29, 0.717) is 12.2 Å². The molecule has 3 rings (SSSR count). The molecule has 0 atom stereocenters. The van der Waals surface area contributed by atoms with E-state index in [4.69, 9.17) is 0 Å². The van der Waals surface area contributed by atoms with Gasteiger partial charge < -0.3 is 10.2 Å². The second-order valence-electron chi connectivity index (χ2n) is 5.69. The molecule has 1 aromatic heterocycles. The van der Waals surface area contributed by atoms with Crippen LogP contribution in [-0.4, -0.2) is 23.3 Å². The highest BCUT2D eigenvalue weighted by Gasteiger charge is 2.14. The van der Waals surface area contributed by atoms with Crippen LogP contribution in [0.5, 0.6) is 0 Å². The van der Waals surface area contributed by atoms with Gasteiger partial charge in [0.05, 0.1) is 11.2 Å². The van der Waals surface area contributed by atoms with E-state index in [0.717, 1.165) is 16.6 Å². The molecule has 1 heterocycles. The van der Waals surface area contributed by atoms with Crippen LogP contribution in [0.4, 0.5) is 11.4 Å². The molecule has 25 heavy (non-hydrogen) atoms. The standard InChI is InChI=1S/C20H19N3O2/c1-15(24)23(17-9-3-2-4-10-17)14-12-19(25)22-18-11-5-7-16-8-6-13-21-20(16)18/h2-11,13H,12,14H2,1H3,(H,22,25). The van der Waals surface area contributed by atoms with Crippen molar-refractivity contribution in [2.24, 2.45) is 0 Å². The van der Waals surface area contributed by atoms with Crippen molar-refractivity contribution in [1.29, 1.82) is 0 Å². The van der Waals surface area contributed by atoms with E-state index >= 15 is 0 Å². The molecule has 0 aliphatic carbocycles. The number of aromatic nitrogens is 1. The van der Waals surface area contributed by atoms with Gasteiger partial charge in [-0.15, -0.1) is 0 Å². The number of pyridine rings is 1. The normalized spacial score (nSPS) is 10.4. The Bertz CT molecular complexity index is 888. The number of nitrogens with one attached hydrogen (secondary N) is 1. The van der Waals surface area contributed by atoms with Crippen LogP contribution in [0.15, 0.2) is 66.9 Å². The number of hydrogen-bond donors (Lipinski definition) is 1. The van der Waals surface area contributed by atoms with E-state index in [2.05, 4.69) is 10.3 Å². The van der Waals surface area contributed by atoms with Gasteiger partial charge >= 0.3 is 0 Å². The molecule has 0 spiro atoms. The van der Waals surface area contributed by atoms with E-state index in [-0.39, 0.29) is 18.2 Å². The first-order valence-corrected chi connectivity index (χ1v) is 8.12. The van der Waals surface area contributed by atoms with Crippen LogP contribution < -0.4 is 10.2 Å². The summed E-state index contributed by atoms with van der Waals surface area (Å²) in [6.45, 7) is 1.82. The van der Waals surface area contributed by atoms with Crippen molar-refractivity contribution in [1.82, 2.24) is 4.98 Å². The van der Waals surface area contributed by atoms with E-state index in [1.54, 1.807) is 11.1 Å². The molecule has 126 valence electrons. The first-order chi connectivity index (χ1) is 12.1. The second kappa shape index (κ2) is 7.57. The minimum absolute atomic E-state index is 0.0918. The van der Waals surface area contributed by atoms with E-state index in [1.165, 1.54) is 6.92 Å². The summed E-state index contributed by atoms with van der Waals surface area (Å²) in [7, 11) is 0. The van der Waals surface area contributed by atoms with Crippen LogP contribution in [0.1, 0.15) is 13.3 Å². The molecule has 0 saturated heterocycles. The van der Waals surface area contributed by atoms with Gasteiger partial charge in [0.2, 0.25) is 11.8 Å². The topological polar surface area (TPSA) is 62.3 Å². The number of carbonyl (C=O) groups is 2. The summed E-state index contributed by atoms with van der Waals surface area (Å²) < 4.78 is 0. The lowest BCUT2D eigenvalue weighted by atomic mass is 10.2. The Kier molecular flexibility index (Phi) is 5.04. The molecule has 1 N–H and O–H groups in total. The fraction of sp³-hybridized carbons (Fsp3) is 0.150. The third kappa shape index (κ3) is 4.01. The summed E-state index contributed by atoms with van der Waals surface area (Å²) in [5.74, 6) is -0.244. The number of para-hydroxylation sites is 2. The van der Waals surface area contributed by atoms with Crippen LogP contribution in [0, 0.1) is 0 Å². The average molecular weight is 333 g/mol. The van der Waals surface area contributed by atoms with Gasteiger partial charge in [-0.25, -0.2) is 0 Å². The Morgan fingerprint density at radius 1 is 1.00 bits per heavy atom. The largest absolute Gasteiger partial charge is 0.324 e. The molecule has 0 saturated carbocycles. The molecule has 2 amide bonds. The molecular weight excluding hydrogens is 314 g/mol. The Labute approximate surface area is 146 Å². The maximum atomic E-state index is 12.3. The Balaban J connectivity index is 1.68. The zero-order valence-corrected chi connectivity index (χ0v) is 14.0. The summed E-state index contributed by atoms with van der Waals surface area (Å²) in [6.07, 6.45) is 1.91. The first kappa shape index (κ1) is 16.6. The number of carbonyl (C=O) groups excluding carboxylic acids is 2. The number of fused-ring (bicyclic) bond motifs is 1. The number of hydrogen-bond acceptors (Lipinski definition) is 3. The van der Waals surface area contributed by atoms with Crippen molar-refractivity contribution in [3.05, 3.63) is 66.9 Å². The van der Waals surface area contributed by atoms with Crippen molar-refractivity contribution >= 4 is 34.1 Å². The van der Waals surface area contributed by atoms with Gasteiger partial charge in [-0.1, -0.05) is 36.4 Å². The van der Waals surface area contributed by atoms with Gasteiger partial charge in [0, 0.05) is 37.2 Å². The molecule has 0 radical (unpaired) electrons. The molecule has 0 fully saturated rings. The molecule has 0 aliphatic heterocycles. The summed E-state index contributed by atoms with van der Waals surface area (Å²) in [5.41, 5.74) is 2.22. The minimum atomic E-state index is -0.152. The lowest BCUT2D eigenvalue weighted by molar-refractivity contribution is -0.117. The lowest BCUT2D eigenvalue weighted by Gasteiger charge is -2.21. The maximum Gasteiger partial charge on any atom is 0.226 e. The number of amides is 2. The molecule has 3 aromatic rings. The van der Waals surface area contributed by atoms with E-state index < -0.39 is 0 Å². The number of rotatable bonds is 5. The fourth-order valence-electron chi connectivity index (χ4n) is 2.71. The van der Waals surface area contributed by atoms with Gasteiger partial charge in [0.1, 0.15) is 0 Å². The molecule has 0 bridgehead atoms. The predicted molar refractivity (Wildman–Crippen MR) is 99.5 cm³/mol. The van der Waals surface area contributed by atoms with Crippen LogP contribution in [0.2, 0.25) is 0 Å². The second-order valence-corrected chi connectivity index (χ2v) is 5.69. The third-order valence-electron chi connectivity index (χ3n) is 3.92. The summed E-state index contributed by atoms with van der Waals surface area (Å²) in [4.78, 5) is 30.1. The Morgan fingerprint density at radius 3 is 2.52 bits per heavy atom. The van der Waals surface area contributed by atoms with Gasteiger partial charge in [0.15, 0.2) is 0 Å². The molecule has 5 nitrogen and oxygen atoms in total. The van der Waals surface area contributed by atoms with Gasteiger partial charge in [-0.3, -0.25) is 14.6 Å². The predicted octanol–water partition coefficient (Wildman–Crippen LogP) is 3.62. The van der Waals surface area contributed by atoms with Gasteiger partial charge in [-0.05, 0) is 24.3 Å². The summed E-state index contributed by atoms with van der Waals surface area (Å²) in [6, 6.07) is 18.8. The van der Waals surface area contributed by atoms with Crippen molar-refractivity contribution in [2.75, 3.05) is 16.8 Å². The van der Waals surface area contributed by atoms with Crippen LogP contribution in [-0.2, 0) is 9.59 Å². The molecule has 0 aliphatic rings. The van der Waals surface area contributed by atoms with E-state index in [1.807, 2.05) is 60.7 Å². The monoisotopic (exact) mass is 333 g/mol.